The number of hydrogen-bond donors (Lipinski definition) is 1. The first kappa shape index (κ1) is 18.5. The molecule has 0 radical (unpaired) electrons. The summed E-state index contributed by atoms with van der Waals surface area (Å²) >= 11 is 5.93. The number of piperidine rings is 1. The van der Waals surface area contributed by atoms with Gasteiger partial charge < -0.3 is 10.2 Å². The Balaban J connectivity index is 1.73. The van der Waals surface area contributed by atoms with Crippen molar-refractivity contribution in [1.82, 2.24) is 4.90 Å². The summed E-state index contributed by atoms with van der Waals surface area (Å²) < 4.78 is 13.1. The van der Waals surface area contributed by atoms with Crippen LogP contribution < -0.4 is 5.32 Å². The zero-order valence-electron chi connectivity index (χ0n) is 14.5. The highest BCUT2D eigenvalue weighted by Gasteiger charge is 2.24. The van der Waals surface area contributed by atoms with E-state index in [9.17, 15) is 14.0 Å². The normalized spacial score (nSPS) is 15.7. The van der Waals surface area contributed by atoms with E-state index >= 15 is 0 Å². The first-order chi connectivity index (χ1) is 12.4. The van der Waals surface area contributed by atoms with Crippen LogP contribution in [0.1, 0.15) is 33.6 Å². The smallest absolute Gasteiger partial charge is 0.257 e. The average Bonchev–Trinajstić information content (AvgIpc) is 2.62. The standard InChI is InChI=1S/C20H20ClFN2O2/c1-24-9-7-13(8-10-24)19(25)14-3-2-4-16(11-14)23-20(26)17-6-5-15(22)12-18(17)21/h2-6,11-13H,7-10H2,1H3,(H,23,26). The second-order valence-corrected chi connectivity index (χ2v) is 7.01. The number of rotatable bonds is 4. The van der Waals surface area contributed by atoms with Gasteiger partial charge in [-0.2, -0.15) is 0 Å². The van der Waals surface area contributed by atoms with Gasteiger partial charge in [-0.05, 0) is 63.3 Å². The summed E-state index contributed by atoms with van der Waals surface area (Å²) in [7, 11) is 2.05. The second kappa shape index (κ2) is 7.98. The van der Waals surface area contributed by atoms with E-state index in [1.54, 1.807) is 24.3 Å². The third-order valence-electron chi connectivity index (χ3n) is 4.67. The second-order valence-electron chi connectivity index (χ2n) is 6.60. The van der Waals surface area contributed by atoms with Crippen molar-refractivity contribution in [3.8, 4) is 0 Å². The lowest BCUT2D eigenvalue weighted by atomic mass is 9.89. The molecular formula is C20H20ClFN2O2. The van der Waals surface area contributed by atoms with Crippen LogP contribution >= 0.6 is 11.6 Å². The van der Waals surface area contributed by atoms with Gasteiger partial charge in [0.15, 0.2) is 5.78 Å². The quantitative estimate of drug-likeness (QED) is 0.813. The van der Waals surface area contributed by atoms with Crippen molar-refractivity contribution < 1.29 is 14.0 Å². The molecule has 6 heteroatoms. The van der Waals surface area contributed by atoms with Crippen molar-refractivity contribution in [3.05, 3.63) is 64.4 Å². The Morgan fingerprint density at radius 2 is 1.88 bits per heavy atom. The highest BCUT2D eigenvalue weighted by molar-refractivity contribution is 6.34. The molecule has 3 rings (SSSR count). The van der Waals surface area contributed by atoms with Crippen LogP contribution in [0, 0.1) is 11.7 Å². The van der Waals surface area contributed by atoms with Crippen LogP contribution in [0.15, 0.2) is 42.5 Å². The Kier molecular flexibility index (Phi) is 5.69. The van der Waals surface area contributed by atoms with Gasteiger partial charge in [0.25, 0.3) is 5.91 Å². The van der Waals surface area contributed by atoms with E-state index in [-0.39, 0.29) is 22.3 Å². The first-order valence-corrected chi connectivity index (χ1v) is 8.91. The van der Waals surface area contributed by atoms with Crippen LogP contribution in [0.5, 0.6) is 0 Å². The molecule has 4 nitrogen and oxygen atoms in total. The van der Waals surface area contributed by atoms with Crippen molar-refractivity contribution in [1.29, 1.82) is 0 Å². The van der Waals surface area contributed by atoms with E-state index in [4.69, 9.17) is 11.6 Å². The minimum atomic E-state index is -0.503. The molecule has 0 atom stereocenters. The number of hydrogen-bond acceptors (Lipinski definition) is 3. The maximum Gasteiger partial charge on any atom is 0.257 e. The number of carbonyl (C=O) groups is 2. The van der Waals surface area contributed by atoms with Gasteiger partial charge in [0.2, 0.25) is 0 Å². The molecule has 0 aromatic heterocycles. The maximum atomic E-state index is 13.1. The third-order valence-corrected chi connectivity index (χ3v) is 4.98. The molecule has 136 valence electrons. The predicted molar refractivity (Wildman–Crippen MR) is 100 cm³/mol. The Morgan fingerprint density at radius 1 is 1.15 bits per heavy atom. The Labute approximate surface area is 157 Å². The number of halogens is 2. The maximum absolute atomic E-state index is 13.1. The lowest BCUT2D eigenvalue weighted by molar-refractivity contribution is 0.0856. The highest BCUT2D eigenvalue weighted by atomic mass is 35.5. The summed E-state index contributed by atoms with van der Waals surface area (Å²) in [6.07, 6.45) is 1.69. The summed E-state index contributed by atoms with van der Waals surface area (Å²) in [4.78, 5) is 27.3. The lowest BCUT2D eigenvalue weighted by Gasteiger charge is -2.28. The molecule has 0 spiro atoms. The van der Waals surface area contributed by atoms with E-state index < -0.39 is 11.7 Å². The largest absolute Gasteiger partial charge is 0.322 e. The average molecular weight is 375 g/mol. The molecule has 0 aliphatic carbocycles. The third kappa shape index (κ3) is 4.29. The summed E-state index contributed by atoms with van der Waals surface area (Å²) in [6.45, 7) is 1.83. The fraction of sp³-hybridized carbons (Fsp3) is 0.300. The molecular weight excluding hydrogens is 355 g/mol. The van der Waals surface area contributed by atoms with Crippen molar-refractivity contribution in [3.63, 3.8) is 0 Å². The molecule has 2 aromatic carbocycles. The number of anilines is 1. The van der Waals surface area contributed by atoms with Crippen LogP contribution in [-0.2, 0) is 0 Å². The summed E-state index contributed by atoms with van der Waals surface area (Å²) in [6, 6.07) is 10.5. The van der Waals surface area contributed by atoms with Crippen LogP contribution in [0.2, 0.25) is 5.02 Å². The number of nitrogens with one attached hydrogen (secondary N) is 1. The zero-order chi connectivity index (χ0) is 18.7. The Bertz CT molecular complexity index is 832. The summed E-state index contributed by atoms with van der Waals surface area (Å²) in [5.74, 6) is -0.825. The van der Waals surface area contributed by atoms with Crippen molar-refractivity contribution in [2.75, 3.05) is 25.5 Å². The van der Waals surface area contributed by atoms with E-state index in [2.05, 4.69) is 17.3 Å². The van der Waals surface area contributed by atoms with Crippen molar-refractivity contribution >= 4 is 29.0 Å². The van der Waals surface area contributed by atoms with Gasteiger partial charge in [0.05, 0.1) is 10.6 Å². The fourth-order valence-electron chi connectivity index (χ4n) is 3.13. The van der Waals surface area contributed by atoms with Crippen molar-refractivity contribution in [2.45, 2.75) is 12.8 Å². The Morgan fingerprint density at radius 3 is 2.58 bits per heavy atom. The van der Waals surface area contributed by atoms with Gasteiger partial charge in [-0.25, -0.2) is 4.39 Å². The number of nitrogens with zero attached hydrogens (tertiary/aromatic N) is 1. The number of Topliss-reactive ketones (excluding diaryl/α,β-unsaturated/α-hetero) is 1. The molecule has 1 N–H and O–H groups in total. The first-order valence-electron chi connectivity index (χ1n) is 8.53. The highest BCUT2D eigenvalue weighted by Crippen LogP contribution is 2.23. The van der Waals surface area contributed by atoms with Crippen molar-refractivity contribution in [2.24, 2.45) is 5.92 Å². The monoisotopic (exact) mass is 374 g/mol. The van der Waals surface area contributed by atoms with E-state index in [1.165, 1.54) is 12.1 Å². The van der Waals surface area contributed by atoms with Gasteiger partial charge in [0.1, 0.15) is 5.82 Å². The molecule has 0 unspecified atom stereocenters. The molecule has 0 saturated carbocycles. The van der Waals surface area contributed by atoms with Gasteiger partial charge in [-0.15, -0.1) is 0 Å². The molecule has 1 aliphatic rings. The molecule has 1 fully saturated rings. The molecule has 2 aromatic rings. The van der Waals surface area contributed by atoms with E-state index in [0.717, 1.165) is 32.0 Å². The van der Waals surface area contributed by atoms with Gasteiger partial charge in [0, 0.05) is 17.2 Å². The van der Waals surface area contributed by atoms with Crippen LogP contribution in [-0.4, -0.2) is 36.7 Å². The number of ketones is 1. The SMILES string of the molecule is CN1CCC(C(=O)c2cccc(NC(=O)c3ccc(F)cc3Cl)c2)CC1. The van der Waals surface area contributed by atoms with Crippen LogP contribution in [0.25, 0.3) is 0 Å². The van der Waals surface area contributed by atoms with E-state index in [0.29, 0.717) is 11.3 Å². The summed E-state index contributed by atoms with van der Waals surface area (Å²) in [5.41, 5.74) is 1.27. The molecule has 1 amide bonds. The molecule has 26 heavy (non-hydrogen) atoms. The molecule has 0 bridgehead atoms. The molecule has 1 aliphatic heterocycles. The van der Waals surface area contributed by atoms with Gasteiger partial charge >= 0.3 is 0 Å². The lowest BCUT2D eigenvalue weighted by Crippen LogP contribution is -2.33. The minimum absolute atomic E-state index is 0.0173. The zero-order valence-corrected chi connectivity index (χ0v) is 15.2. The minimum Gasteiger partial charge on any atom is -0.322 e. The Hall–Kier alpha value is -2.24. The number of carbonyl (C=O) groups excluding carboxylic acids is 2. The van der Waals surface area contributed by atoms with Crippen LogP contribution in [0.3, 0.4) is 0 Å². The number of likely N-dealkylation sites (tertiary alicyclic amines) is 1. The predicted octanol–water partition coefficient (Wildman–Crippen LogP) is 4.26. The summed E-state index contributed by atoms with van der Waals surface area (Å²) in [5, 5.41) is 2.76. The molecule has 1 saturated heterocycles. The number of benzene rings is 2. The number of amides is 1. The van der Waals surface area contributed by atoms with E-state index in [1.807, 2.05) is 0 Å². The van der Waals surface area contributed by atoms with Gasteiger partial charge in [-0.1, -0.05) is 23.7 Å². The van der Waals surface area contributed by atoms with Crippen LogP contribution in [0.4, 0.5) is 10.1 Å². The topological polar surface area (TPSA) is 49.4 Å². The fourth-order valence-corrected chi connectivity index (χ4v) is 3.38. The molecule has 1 heterocycles. The van der Waals surface area contributed by atoms with Gasteiger partial charge in [-0.3, -0.25) is 9.59 Å².